The molecular formula is C54H46CaCl2N6O12S2. The first-order valence-electron chi connectivity index (χ1n) is 23.2. The molecule has 0 saturated carbocycles. The van der Waals surface area contributed by atoms with Crippen LogP contribution in [0.25, 0.3) is 21.5 Å². The van der Waals surface area contributed by atoms with Crippen LogP contribution in [0.2, 0.25) is 10.0 Å². The summed E-state index contributed by atoms with van der Waals surface area (Å²) >= 11 is 12.1. The average Bonchev–Trinajstić information content (AvgIpc) is 3.38. The van der Waals surface area contributed by atoms with E-state index in [0.29, 0.717) is 81.6 Å². The standard InChI is InChI=1S/2C27H24ClN3O6S.Ca/c2*1-3-16-12-13-22(28)26(38(34,35)36)23(16)30-31-24-20-11-6-5-8-17(20)14-21(25(24)32)27(33)29-18-9-7-10-19(15-18)37-4-2;/h2*5-15,32H,3-4H2,1-2H3,(H,29,33)(H,34,35,36);/q;;+2/p-2. The number of nitrogens with zero attached hydrogens (tertiary/aromatic N) is 5. The summed E-state index contributed by atoms with van der Waals surface area (Å²) in [4.78, 5) is 16.1. The zero-order chi connectivity index (χ0) is 54.9. The molecule has 0 aromatic heterocycles. The number of phenolic OH excluding ortho intramolecular Hbond substituents is 1. The van der Waals surface area contributed by atoms with Crippen LogP contribution in [0.15, 0.2) is 169 Å². The van der Waals surface area contributed by atoms with Crippen LogP contribution in [0, 0.1) is 0 Å². The van der Waals surface area contributed by atoms with Crippen molar-refractivity contribution in [3.63, 3.8) is 0 Å². The Labute approximate surface area is 483 Å². The van der Waals surface area contributed by atoms with Gasteiger partial charge in [0.2, 0.25) is 0 Å². The van der Waals surface area contributed by atoms with E-state index in [4.69, 9.17) is 32.7 Å². The number of phenols is 1. The fourth-order valence-electron chi connectivity index (χ4n) is 7.83. The minimum Gasteiger partial charge on any atom is -0.871 e. The van der Waals surface area contributed by atoms with Crippen LogP contribution in [0.3, 0.4) is 0 Å². The van der Waals surface area contributed by atoms with Crippen molar-refractivity contribution >= 4 is 149 Å². The van der Waals surface area contributed by atoms with Crippen LogP contribution in [-0.2, 0) is 33.1 Å². The number of carbonyl (C=O) groups excluding carboxylic acids is 1. The quantitative estimate of drug-likeness (QED) is 0.0231. The number of rotatable bonds is 16. The third-order valence-corrected chi connectivity index (χ3v) is 14.0. The monoisotopic (exact) mass is 1140 g/mol. The number of hydrogen-bond donors (Lipinski definition) is 4. The molecule has 0 fully saturated rings. The Kier molecular flexibility index (Phi) is 20.2. The molecule has 77 heavy (non-hydrogen) atoms. The minimum absolute atomic E-state index is 0. The summed E-state index contributed by atoms with van der Waals surface area (Å²) in [6, 6.07) is 35.8. The van der Waals surface area contributed by atoms with Gasteiger partial charge < -0.3 is 30.1 Å². The maximum Gasteiger partial charge on any atom is 2.00 e. The zero-order valence-electron chi connectivity index (χ0n) is 41.6. The van der Waals surface area contributed by atoms with Gasteiger partial charge in [-0.25, -0.2) is 0 Å². The molecular weight excluding hydrogens is 1100 g/mol. The summed E-state index contributed by atoms with van der Waals surface area (Å²) in [5.41, 5.74) is 0.743. The van der Waals surface area contributed by atoms with E-state index < -0.39 is 53.3 Å². The smallest absolute Gasteiger partial charge is 0.871 e. The van der Waals surface area contributed by atoms with Gasteiger partial charge in [0.15, 0.2) is 5.75 Å². The van der Waals surface area contributed by atoms with Gasteiger partial charge >= 0.3 is 37.7 Å². The molecule has 0 aliphatic carbocycles. The Balaban J connectivity index is 0.000000246. The molecule has 392 valence electrons. The molecule has 8 rings (SSSR count). The van der Waals surface area contributed by atoms with E-state index in [9.17, 15) is 46.1 Å². The van der Waals surface area contributed by atoms with Crippen molar-refractivity contribution in [2.24, 2.45) is 25.4 Å². The first-order chi connectivity index (χ1) is 36.3. The number of amides is 1. The van der Waals surface area contributed by atoms with Crippen molar-refractivity contribution in [2.45, 2.75) is 50.3 Å². The largest absolute Gasteiger partial charge is 2.00 e. The number of aromatic hydroxyl groups is 1. The number of aliphatic imine (C=N–C) groups is 1. The van der Waals surface area contributed by atoms with Gasteiger partial charge in [-0.05, 0) is 109 Å². The van der Waals surface area contributed by atoms with Gasteiger partial charge in [0.1, 0.15) is 38.4 Å². The van der Waals surface area contributed by atoms with Gasteiger partial charge in [-0.3, -0.25) is 18.9 Å². The molecule has 0 aliphatic heterocycles. The SMILES string of the molecule is CCOc1cccc(N=C([O-])c2cc3ccccc3c(N=Nc3c(CC)ccc(Cl)c3S(=O)(=O)O)c2[O-])c1.CCOc1cccc(NC(=O)c2cc3ccccc3c(N=Nc3c(CC)ccc(Cl)c3S(=O)(=O)O)c2O)c1.[Ca+2]. The summed E-state index contributed by atoms with van der Waals surface area (Å²) in [6.45, 7) is 8.10. The second-order valence-corrected chi connectivity index (χ2v) is 19.8. The zero-order valence-corrected chi connectivity index (χ0v) is 46.9. The maximum absolute atomic E-state index is 13.5. The van der Waals surface area contributed by atoms with E-state index in [2.05, 4.69) is 30.8 Å². The van der Waals surface area contributed by atoms with E-state index in [1.807, 2.05) is 13.8 Å². The van der Waals surface area contributed by atoms with E-state index >= 15 is 0 Å². The molecule has 8 aromatic rings. The van der Waals surface area contributed by atoms with Gasteiger partial charge in [-0.15, -0.1) is 15.3 Å². The number of carbonyl (C=O) groups is 1. The van der Waals surface area contributed by atoms with Gasteiger partial charge in [0.25, 0.3) is 26.1 Å². The van der Waals surface area contributed by atoms with Crippen LogP contribution in [0.5, 0.6) is 23.0 Å². The average molecular weight is 1150 g/mol. The molecule has 0 spiro atoms. The predicted octanol–water partition coefficient (Wildman–Crippen LogP) is 12.3. The van der Waals surface area contributed by atoms with E-state index in [1.165, 1.54) is 24.3 Å². The van der Waals surface area contributed by atoms with Crippen LogP contribution < -0.4 is 25.0 Å². The molecule has 1 amide bonds. The topological polar surface area (TPSA) is 284 Å². The van der Waals surface area contributed by atoms with Gasteiger partial charge in [-0.1, -0.05) is 116 Å². The van der Waals surface area contributed by atoms with Gasteiger partial charge in [0, 0.05) is 28.6 Å². The molecule has 0 heterocycles. The second-order valence-electron chi connectivity index (χ2n) is 16.3. The molecule has 23 heteroatoms. The van der Waals surface area contributed by atoms with Crippen molar-refractivity contribution in [3.05, 3.63) is 166 Å². The number of ether oxygens (including phenoxy) is 2. The van der Waals surface area contributed by atoms with Gasteiger partial charge in [0.05, 0.1) is 40.2 Å². The van der Waals surface area contributed by atoms with E-state index in [0.717, 1.165) is 0 Å². The van der Waals surface area contributed by atoms with E-state index in [1.54, 1.807) is 123 Å². The summed E-state index contributed by atoms with van der Waals surface area (Å²) in [5, 5.41) is 58.3. The van der Waals surface area contributed by atoms with Crippen molar-refractivity contribution < 1.29 is 55.5 Å². The predicted molar refractivity (Wildman–Crippen MR) is 294 cm³/mol. The molecule has 18 nitrogen and oxygen atoms in total. The number of anilines is 1. The maximum atomic E-state index is 13.5. The first kappa shape index (κ1) is 59.5. The third kappa shape index (κ3) is 14.1. The summed E-state index contributed by atoms with van der Waals surface area (Å²) in [7, 11) is -9.50. The summed E-state index contributed by atoms with van der Waals surface area (Å²) in [6.07, 6.45) is 0.710. The second kappa shape index (κ2) is 26.1. The first-order valence-corrected chi connectivity index (χ1v) is 26.8. The minimum atomic E-state index is -4.76. The number of benzene rings is 8. The molecule has 4 N–H and O–H groups in total. The Morgan fingerprint density at radius 3 is 1.58 bits per heavy atom. The third-order valence-electron chi connectivity index (χ3n) is 11.3. The Morgan fingerprint density at radius 1 is 0.597 bits per heavy atom. The molecule has 8 aromatic carbocycles. The fraction of sp³-hybridized carbons (Fsp3) is 0.148. The van der Waals surface area contributed by atoms with Crippen LogP contribution in [-0.4, -0.2) is 93.8 Å². The van der Waals surface area contributed by atoms with Crippen LogP contribution in [0.1, 0.15) is 54.7 Å². The van der Waals surface area contributed by atoms with E-state index in [-0.39, 0.29) is 81.7 Å². The Hall–Kier alpha value is -6.72. The van der Waals surface area contributed by atoms with Crippen molar-refractivity contribution in [3.8, 4) is 23.0 Å². The molecule has 0 unspecified atom stereocenters. The molecule has 0 aliphatic rings. The number of nitrogens with one attached hydrogen (secondary N) is 1. The van der Waals surface area contributed by atoms with Crippen LogP contribution >= 0.6 is 23.2 Å². The molecule has 0 saturated heterocycles. The normalized spacial score (nSPS) is 11.9. The fourth-order valence-corrected chi connectivity index (χ4v) is 10.2. The Morgan fingerprint density at radius 2 is 1.06 bits per heavy atom. The number of hydrogen-bond acceptors (Lipinski definition) is 15. The molecule has 0 atom stereocenters. The summed E-state index contributed by atoms with van der Waals surface area (Å²) in [5.74, 6) is -1.49. The number of aryl methyl sites for hydroxylation is 2. The summed E-state index contributed by atoms with van der Waals surface area (Å²) < 4.78 is 78.7. The number of azo groups is 2. The van der Waals surface area contributed by atoms with Crippen molar-refractivity contribution in [2.75, 3.05) is 18.5 Å². The van der Waals surface area contributed by atoms with Crippen molar-refractivity contribution in [1.82, 2.24) is 0 Å². The van der Waals surface area contributed by atoms with Crippen molar-refractivity contribution in [1.29, 1.82) is 0 Å². The van der Waals surface area contributed by atoms with Gasteiger partial charge in [-0.2, -0.15) is 21.9 Å². The molecule has 0 bridgehead atoms. The Bertz CT molecular complexity index is 3860. The number of halogens is 2. The number of fused-ring (bicyclic) bond motifs is 2. The van der Waals surface area contributed by atoms with Crippen LogP contribution in [0.4, 0.5) is 34.1 Å². The molecule has 0 radical (unpaired) electrons.